The Balaban J connectivity index is 2.44. The predicted octanol–water partition coefficient (Wildman–Crippen LogP) is 4.06. The lowest BCUT2D eigenvalue weighted by molar-refractivity contribution is 0.365. The van der Waals surface area contributed by atoms with Gasteiger partial charge in [0.1, 0.15) is 5.75 Å². The van der Waals surface area contributed by atoms with Crippen molar-refractivity contribution in [2.75, 3.05) is 7.11 Å². The number of hydrogen-bond donors (Lipinski definition) is 0. The third-order valence-corrected chi connectivity index (χ3v) is 2.53. The van der Waals surface area contributed by atoms with Crippen molar-refractivity contribution < 1.29 is 4.74 Å². The average Bonchev–Trinajstić information content (AvgIpc) is 2.16. The van der Waals surface area contributed by atoms with E-state index in [2.05, 4.69) is 39.0 Å². The Morgan fingerprint density at radius 1 is 1.20 bits per heavy atom. The van der Waals surface area contributed by atoms with Gasteiger partial charge in [0, 0.05) is 0 Å². The van der Waals surface area contributed by atoms with Crippen LogP contribution in [0, 0.1) is 5.41 Å². The van der Waals surface area contributed by atoms with Gasteiger partial charge in [-0.15, -0.1) is 0 Å². The molecule has 0 fully saturated rings. The normalized spacial score (nSPS) is 11.5. The molecule has 0 aliphatic heterocycles. The zero-order valence-corrected chi connectivity index (χ0v) is 10.3. The molecule has 0 bridgehead atoms. The fourth-order valence-electron chi connectivity index (χ4n) is 1.65. The van der Waals surface area contributed by atoms with Gasteiger partial charge in [-0.25, -0.2) is 0 Å². The maximum Gasteiger partial charge on any atom is 0.119 e. The van der Waals surface area contributed by atoms with Crippen molar-refractivity contribution in [3.8, 4) is 5.75 Å². The number of methoxy groups -OCH3 is 1. The number of rotatable bonds is 4. The van der Waals surface area contributed by atoms with Crippen LogP contribution in [0.3, 0.4) is 0 Å². The summed E-state index contributed by atoms with van der Waals surface area (Å²) in [7, 11) is 1.72. The lowest BCUT2D eigenvalue weighted by atomic mass is 9.89. The van der Waals surface area contributed by atoms with E-state index in [0.29, 0.717) is 5.41 Å². The molecule has 0 aliphatic carbocycles. The van der Waals surface area contributed by atoms with Gasteiger partial charge in [-0.2, -0.15) is 0 Å². The van der Waals surface area contributed by atoms with Crippen LogP contribution < -0.4 is 4.74 Å². The van der Waals surface area contributed by atoms with E-state index in [1.165, 1.54) is 18.4 Å². The molecule has 1 aromatic carbocycles. The van der Waals surface area contributed by atoms with Crippen molar-refractivity contribution in [2.45, 2.75) is 40.0 Å². The first-order valence-corrected chi connectivity index (χ1v) is 5.64. The minimum absolute atomic E-state index is 0.443. The molecular formula is C14H22O. The molecule has 0 atom stereocenters. The van der Waals surface area contributed by atoms with Gasteiger partial charge in [0.05, 0.1) is 7.11 Å². The van der Waals surface area contributed by atoms with Gasteiger partial charge in [-0.05, 0) is 42.4 Å². The Kier molecular flexibility index (Phi) is 4.19. The second-order valence-electron chi connectivity index (χ2n) is 5.27. The highest BCUT2D eigenvalue weighted by Crippen LogP contribution is 2.22. The molecule has 0 aliphatic rings. The van der Waals surface area contributed by atoms with Crippen molar-refractivity contribution in [3.05, 3.63) is 29.8 Å². The van der Waals surface area contributed by atoms with E-state index in [4.69, 9.17) is 4.74 Å². The molecule has 0 radical (unpaired) electrons. The van der Waals surface area contributed by atoms with Crippen molar-refractivity contribution in [3.63, 3.8) is 0 Å². The van der Waals surface area contributed by atoms with E-state index in [1.54, 1.807) is 7.11 Å². The first kappa shape index (κ1) is 12.1. The SMILES string of the molecule is COc1cccc(CCCC(C)(C)C)c1. The minimum Gasteiger partial charge on any atom is -0.497 e. The van der Waals surface area contributed by atoms with Crippen LogP contribution in [0.4, 0.5) is 0 Å². The monoisotopic (exact) mass is 206 g/mol. The number of benzene rings is 1. The van der Waals surface area contributed by atoms with Crippen LogP contribution in [0.25, 0.3) is 0 Å². The van der Waals surface area contributed by atoms with Crippen molar-refractivity contribution >= 4 is 0 Å². The Hall–Kier alpha value is -0.980. The van der Waals surface area contributed by atoms with Crippen LogP contribution in [0.15, 0.2) is 24.3 Å². The number of hydrogen-bond acceptors (Lipinski definition) is 1. The van der Waals surface area contributed by atoms with Gasteiger partial charge in [-0.1, -0.05) is 32.9 Å². The standard InChI is InChI=1S/C14H22O/c1-14(2,3)10-6-8-12-7-5-9-13(11-12)15-4/h5,7,9,11H,6,8,10H2,1-4H3. The number of aryl methyl sites for hydroxylation is 1. The smallest absolute Gasteiger partial charge is 0.119 e. The first-order chi connectivity index (χ1) is 7.01. The summed E-state index contributed by atoms with van der Waals surface area (Å²) < 4.78 is 5.20. The molecule has 1 aromatic rings. The number of ether oxygens (including phenoxy) is 1. The molecule has 0 aromatic heterocycles. The van der Waals surface area contributed by atoms with Crippen molar-refractivity contribution in [1.29, 1.82) is 0 Å². The topological polar surface area (TPSA) is 9.23 Å². The Labute approximate surface area is 93.5 Å². The van der Waals surface area contributed by atoms with Gasteiger partial charge in [0.2, 0.25) is 0 Å². The average molecular weight is 206 g/mol. The Morgan fingerprint density at radius 2 is 1.93 bits per heavy atom. The summed E-state index contributed by atoms with van der Waals surface area (Å²) in [4.78, 5) is 0. The molecule has 1 nitrogen and oxygen atoms in total. The maximum absolute atomic E-state index is 5.20. The zero-order chi connectivity index (χ0) is 11.3. The van der Waals surface area contributed by atoms with Crippen LogP contribution in [0.2, 0.25) is 0 Å². The molecule has 1 rings (SSSR count). The third kappa shape index (κ3) is 4.87. The van der Waals surface area contributed by atoms with Crippen LogP contribution >= 0.6 is 0 Å². The molecule has 0 amide bonds. The Bertz CT molecular complexity index is 296. The summed E-state index contributed by atoms with van der Waals surface area (Å²) in [5.74, 6) is 0.961. The molecule has 1 heteroatoms. The van der Waals surface area contributed by atoms with E-state index in [9.17, 15) is 0 Å². The largest absolute Gasteiger partial charge is 0.497 e. The molecule has 84 valence electrons. The van der Waals surface area contributed by atoms with E-state index in [1.807, 2.05) is 6.07 Å². The second kappa shape index (κ2) is 5.20. The highest BCUT2D eigenvalue weighted by Gasteiger charge is 2.09. The minimum atomic E-state index is 0.443. The second-order valence-corrected chi connectivity index (χ2v) is 5.27. The van der Waals surface area contributed by atoms with Crippen LogP contribution in [-0.4, -0.2) is 7.11 Å². The van der Waals surface area contributed by atoms with E-state index >= 15 is 0 Å². The van der Waals surface area contributed by atoms with Gasteiger partial charge < -0.3 is 4.74 Å². The quantitative estimate of drug-likeness (QED) is 0.721. The van der Waals surface area contributed by atoms with Crippen LogP contribution in [0.5, 0.6) is 5.75 Å². The molecule has 0 saturated heterocycles. The summed E-state index contributed by atoms with van der Waals surface area (Å²) in [5.41, 5.74) is 1.82. The fraction of sp³-hybridized carbons (Fsp3) is 0.571. The lowest BCUT2D eigenvalue weighted by Gasteiger charge is -2.17. The van der Waals surface area contributed by atoms with Gasteiger partial charge >= 0.3 is 0 Å². The fourth-order valence-corrected chi connectivity index (χ4v) is 1.65. The molecule has 0 unspecified atom stereocenters. The zero-order valence-electron chi connectivity index (χ0n) is 10.3. The molecular weight excluding hydrogens is 184 g/mol. The summed E-state index contributed by atoms with van der Waals surface area (Å²) in [6.45, 7) is 6.87. The van der Waals surface area contributed by atoms with Gasteiger partial charge in [0.15, 0.2) is 0 Å². The lowest BCUT2D eigenvalue weighted by Crippen LogP contribution is -2.04. The summed E-state index contributed by atoms with van der Waals surface area (Å²) in [6.07, 6.45) is 3.66. The van der Waals surface area contributed by atoms with E-state index in [0.717, 1.165) is 12.2 Å². The maximum atomic E-state index is 5.20. The van der Waals surface area contributed by atoms with E-state index < -0.39 is 0 Å². The van der Waals surface area contributed by atoms with E-state index in [-0.39, 0.29) is 0 Å². The Morgan fingerprint density at radius 3 is 2.53 bits per heavy atom. The molecule has 0 spiro atoms. The summed E-state index contributed by atoms with van der Waals surface area (Å²) in [6, 6.07) is 8.35. The highest BCUT2D eigenvalue weighted by atomic mass is 16.5. The molecule has 0 N–H and O–H groups in total. The molecule has 15 heavy (non-hydrogen) atoms. The first-order valence-electron chi connectivity index (χ1n) is 5.64. The van der Waals surface area contributed by atoms with Crippen LogP contribution in [-0.2, 0) is 6.42 Å². The molecule has 0 saturated carbocycles. The highest BCUT2D eigenvalue weighted by molar-refractivity contribution is 5.28. The van der Waals surface area contributed by atoms with Crippen LogP contribution in [0.1, 0.15) is 39.2 Å². The predicted molar refractivity (Wildman–Crippen MR) is 65.4 cm³/mol. The van der Waals surface area contributed by atoms with Crippen molar-refractivity contribution in [1.82, 2.24) is 0 Å². The molecule has 0 heterocycles. The summed E-state index contributed by atoms with van der Waals surface area (Å²) >= 11 is 0. The van der Waals surface area contributed by atoms with Gasteiger partial charge in [0.25, 0.3) is 0 Å². The van der Waals surface area contributed by atoms with Gasteiger partial charge in [-0.3, -0.25) is 0 Å². The third-order valence-electron chi connectivity index (χ3n) is 2.53. The summed E-state index contributed by atoms with van der Waals surface area (Å²) in [5, 5.41) is 0. The van der Waals surface area contributed by atoms with Crippen molar-refractivity contribution in [2.24, 2.45) is 5.41 Å².